The molecule has 1 N–H and O–H groups in total. The molecule has 5 nitrogen and oxygen atoms in total. The predicted molar refractivity (Wildman–Crippen MR) is 66.1 cm³/mol. The molecule has 0 aliphatic rings. The molecule has 0 fully saturated rings. The first-order valence-corrected chi connectivity index (χ1v) is 5.57. The van der Waals surface area contributed by atoms with Gasteiger partial charge in [0.25, 0.3) is 5.69 Å². The number of nitro groups is 1. The highest BCUT2D eigenvalue weighted by Crippen LogP contribution is 2.24. The van der Waals surface area contributed by atoms with E-state index in [1.54, 1.807) is 26.1 Å². The minimum absolute atomic E-state index is 0.00921. The smallest absolute Gasteiger partial charge is 0.275 e. The number of hydrogen-bond acceptors (Lipinski definition) is 4. The Bertz CT molecular complexity index is 410. The molecule has 6 heteroatoms. The second-order valence-electron chi connectivity index (χ2n) is 4.08. The number of aliphatic hydroxyl groups is 1. The van der Waals surface area contributed by atoms with Gasteiger partial charge in [0.05, 0.1) is 11.0 Å². The molecule has 1 rings (SSSR count). The second-order valence-corrected chi connectivity index (χ2v) is 4.51. The van der Waals surface area contributed by atoms with Crippen molar-refractivity contribution in [3.05, 3.63) is 38.9 Å². The van der Waals surface area contributed by atoms with Gasteiger partial charge in [-0.25, -0.2) is 0 Å². The Morgan fingerprint density at radius 2 is 2.24 bits per heavy atom. The van der Waals surface area contributed by atoms with Crippen LogP contribution < -0.4 is 0 Å². The molecule has 1 unspecified atom stereocenters. The molecule has 94 valence electrons. The molecule has 0 saturated carbocycles. The minimum atomic E-state index is -0.466. The van der Waals surface area contributed by atoms with Gasteiger partial charge in [0.15, 0.2) is 0 Å². The van der Waals surface area contributed by atoms with Crippen molar-refractivity contribution in [1.29, 1.82) is 0 Å². The van der Waals surface area contributed by atoms with E-state index in [2.05, 4.69) is 0 Å². The van der Waals surface area contributed by atoms with Gasteiger partial charge in [-0.2, -0.15) is 0 Å². The van der Waals surface area contributed by atoms with Crippen LogP contribution in [0.1, 0.15) is 12.5 Å². The van der Waals surface area contributed by atoms with E-state index >= 15 is 0 Å². The van der Waals surface area contributed by atoms with E-state index in [1.807, 2.05) is 4.90 Å². The first-order chi connectivity index (χ1) is 7.90. The number of benzene rings is 1. The molecule has 0 saturated heterocycles. The van der Waals surface area contributed by atoms with E-state index in [0.717, 1.165) is 0 Å². The maximum Gasteiger partial charge on any atom is 0.275 e. The van der Waals surface area contributed by atoms with Crippen LogP contribution in [0.2, 0.25) is 5.02 Å². The van der Waals surface area contributed by atoms with Gasteiger partial charge in [0.1, 0.15) is 0 Å². The number of halogens is 1. The van der Waals surface area contributed by atoms with Crippen LogP contribution in [-0.2, 0) is 6.54 Å². The molecule has 0 radical (unpaired) electrons. The van der Waals surface area contributed by atoms with Gasteiger partial charge in [0, 0.05) is 29.7 Å². The summed E-state index contributed by atoms with van der Waals surface area (Å²) in [6, 6.07) is 4.60. The lowest BCUT2D eigenvalue weighted by molar-refractivity contribution is -0.385. The maximum absolute atomic E-state index is 10.9. The highest BCUT2D eigenvalue weighted by Gasteiger charge is 2.16. The lowest BCUT2D eigenvalue weighted by atomic mass is 10.1. The van der Waals surface area contributed by atoms with Crippen molar-refractivity contribution in [3.8, 4) is 0 Å². The van der Waals surface area contributed by atoms with Gasteiger partial charge < -0.3 is 5.11 Å². The third kappa shape index (κ3) is 4.30. The zero-order chi connectivity index (χ0) is 13.0. The number of nitrogens with zero attached hydrogens (tertiary/aromatic N) is 2. The highest BCUT2D eigenvalue weighted by atomic mass is 35.5. The van der Waals surface area contributed by atoms with Gasteiger partial charge in [0.2, 0.25) is 0 Å². The van der Waals surface area contributed by atoms with Gasteiger partial charge in [-0.1, -0.05) is 11.6 Å². The summed E-state index contributed by atoms with van der Waals surface area (Å²) in [5.74, 6) is 0. The number of likely N-dealkylation sites (N-methyl/N-ethyl adjacent to an activating group) is 1. The fourth-order valence-electron chi connectivity index (χ4n) is 1.65. The van der Waals surface area contributed by atoms with Crippen LogP contribution >= 0.6 is 11.6 Å². The van der Waals surface area contributed by atoms with Crippen molar-refractivity contribution in [2.45, 2.75) is 19.6 Å². The Kier molecular flexibility index (Phi) is 4.86. The topological polar surface area (TPSA) is 66.6 Å². The number of rotatable bonds is 5. The van der Waals surface area contributed by atoms with Gasteiger partial charge in [-0.3, -0.25) is 15.0 Å². The zero-order valence-electron chi connectivity index (χ0n) is 9.76. The average Bonchev–Trinajstić information content (AvgIpc) is 2.19. The number of nitro benzene ring substituents is 1. The molecule has 1 aromatic rings. The largest absolute Gasteiger partial charge is 0.392 e. The van der Waals surface area contributed by atoms with Crippen molar-refractivity contribution >= 4 is 17.3 Å². The van der Waals surface area contributed by atoms with Crippen molar-refractivity contribution in [3.63, 3.8) is 0 Å². The Morgan fingerprint density at radius 1 is 1.59 bits per heavy atom. The molecule has 0 aromatic heterocycles. The summed E-state index contributed by atoms with van der Waals surface area (Å²) in [4.78, 5) is 12.2. The van der Waals surface area contributed by atoms with Crippen LogP contribution in [0.3, 0.4) is 0 Å². The van der Waals surface area contributed by atoms with E-state index in [1.165, 1.54) is 6.07 Å². The first-order valence-electron chi connectivity index (χ1n) is 5.19. The highest BCUT2D eigenvalue weighted by molar-refractivity contribution is 6.30. The Hall–Kier alpha value is -1.17. The molecular weight excluding hydrogens is 244 g/mol. The minimum Gasteiger partial charge on any atom is -0.392 e. The van der Waals surface area contributed by atoms with Crippen LogP contribution in [0.25, 0.3) is 0 Å². The summed E-state index contributed by atoms with van der Waals surface area (Å²) in [5.41, 5.74) is 0.595. The molecule has 17 heavy (non-hydrogen) atoms. The van der Waals surface area contributed by atoms with Gasteiger partial charge in [-0.15, -0.1) is 0 Å². The molecule has 1 aromatic carbocycles. The van der Waals surface area contributed by atoms with Crippen molar-refractivity contribution in [2.75, 3.05) is 13.6 Å². The van der Waals surface area contributed by atoms with E-state index < -0.39 is 11.0 Å². The Morgan fingerprint density at radius 3 is 2.76 bits per heavy atom. The van der Waals surface area contributed by atoms with E-state index in [0.29, 0.717) is 23.7 Å². The SMILES string of the molecule is CC(O)CN(C)Cc1ccc(Cl)cc1[N+](=O)[O-]. The lowest BCUT2D eigenvalue weighted by Gasteiger charge is -2.18. The van der Waals surface area contributed by atoms with Crippen LogP contribution in [0, 0.1) is 10.1 Å². The summed E-state index contributed by atoms with van der Waals surface area (Å²) >= 11 is 5.72. The monoisotopic (exact) mass is 258 g/mol. The normalized spacial score (nSPS) is 12.8. The van der Waals surface area contributed by atoms with Crippen LogP contribution in [-0.4, -0.2) is 34.6 Å². The molecule has 0 aliphatic heterocycles. The van der Waals surface area contributed by atoms with Crippen molar-refractivity contribution in [2.24, 2.45) is 0 Å². The average molecular weight is 259 g/mol. The molecule has 0 heterocycles. The van der Waals surface area contributed by atoms with Crippen molar-refractivity contribution in [1.82, 2.24) is 4.90 Å². The number of hydrogen-bond donors (Lipinski definition) is 1. The van der Waals surface area contributed by atoms with Crippen LogP contribution in [0.15, 0.2) is 18.2 Å². The summed E-state index contributed by atoms with van der Waals surface area (Å²) < 4.78 is 0. The predicted octanol–water partition coefficient (Wildman–Crippen LogP) is 2.06. The second kappa shape index (κ2) is 5.95. The molecule has 1 atom stereocenters. The Labute approximate surface area is 105 Å². The summed E-state index contributed by atoms with van der Waals surface area (Å²) in [5, 5.41) is 20.4. The third-order valence-corrected chi connectivity index (χ3v) is 2.50. The molecule has 0 amide bonds. The third-order valence-electron chi connectivity index (χ3n) is 2.26. The van der Waals surface area contributed by atoms with E-state index in [-0.39, 0.29) is 5.69 Å². The fraction of sp³-hybridized carbons (Fsp3) is 0.455. The van der Waals surface area contributed by atoms with Crippen molar-refractivity contribution < 1.29 is 10.0 Å². The molecule has 0 spiro atoms. The van der Waals surface area contributed by atoms with E-state index in [9.17, 15) is 15.2 Å². The quantitative estimate of drug-likeness (QED) is 0.648. The summed E-state index contributed by atoms with van der Waals surface area (Å²) in [6.07, 6.45) is -0.466. The van der Waals surface area contributed by atoms with E-state index in [4.69, 9.17) is 11.6 Å². The van der Waals surface area contributed by atoms with Gasteiger partial charge >= 0.3 is 0 Å². The molecular formula is C11H15ClN2O3. The summed E-state index contributed by atoms with van der Waals surface area (Å²) in [6.45, 7) is 2.53. The fourth-order valence-corrected chi connectivity index (χ4v) is 1.81. The van der Waals surface area contributed by atoms with Crippen LogP contribution in [0.5, 0.6) is 0 Å². The molecule has 0 bridgehead atoms. The number of aliphatic hydroxyl groups excluding tert-OH is 1. The summed E-state index contributed by atoms with van der Waals surface area (Å²) in [7, 11) is 1.80. The maximum atomic E-state index is 10.9. The Balaban J connectivity index is 2.86. The van der Waals surface area contributed by atoms with Crippen LogP contribution in [0.4, 0.5) is 5.69 Å². The molecule has 0 aliphatic carbocycles. The standard InChI is InChI=1S/C11H15ClN2O3/c1-8(15)6-13(2)7-9-3-4-10(12)5-11(9)14(16)17/h3-5,8,15H,6-7H2,1-2H3. The lowest BCUT2D eigenvalue weighted by Crippen LogP contribution is -2.27. The van der Waals surface area contributed by atoms with Gasteiger partial charge in [-0.05, 0) is 26.1 Å². The first kappa shape index (κ1) is 13.9. The zero-order valence-corrected chi connectivity index (χ0v) is 10.5.